The van der Waals surface area contributed by atoms with Crippen LogP contribution in [0.5, 0.6) is 0 Å². The van der Waals surface area contributed by atoms with E-state index in [9.17, 15) is 19.5 Å². The normalized spacial score (nSPS) is 22.2. The minimum absolute atomic E-state index is 0.0428. The van der Waals surface area contributed by atoms with Crippen molar-refractivity contribution in [3.63, 3.8) is 0 Å². The number of rotatable bonds is 3. The van der Waals surface area contributed by atoms with Gasteiger partial charge in [-0.1, -0.05) is 12.7 Å². The summed E-state index contributed by atoms with van der Waals surface area (Å²) in [7, 11) is 0. The lowest BCUT2D eigenvalue weighted by atomic mass is 9.76. The van der Waals surface area contributed by atoms with Crippen LogP contribution in [0.25, 0.3) is 0 Å². The van der Waals surface area contributed by atoms with Gasteiger partial charge in [0.1, 0.15) is 18.2 Å². The van der Waals surface area contributed by atoms with Gasteiger partial charge >= 0.3 is 18.2 Å². The van der Waals surface area contributed by atoms with Crippen LogP contribution in [0.15, 0.2) is 12.7 Å². The second-order valence-electron chi connectivity index (χ2n) is 8.02. The highest BCUT2D eigenvalue weighted by Crippen LogP contribution is 2.43. The summed E-state index contributed by atoms with van der Waals surface area (Å²) < 4.78 is 10.4. The number of carboxylic acids is 1. The van der Waals surface area contributed by atoms with Crippen LogP contribution in [0.1, 0.15) is 40.0 Å². The number of aliphatic carboxylic acids is 1. The molecular weight excluding hydrogens is 340 g/mol. The van der Waals surface area contributed by atoms with Gasteiger partial charge in [0.05, 0.1) is 0 Å². The summed E-state index contributed by atoms with van der Waals surface area (Å²) in [6, 6.07) is -0.902. The molecule has 0 aromatic carbocycles. The smallest absolute Gasteiger partial charge is 0.410 e. The third kappa shape index (κ3) is 4.68. The summed E-state index contributed by atoms with van der Waals surface area (Å²) in [5.41, 5.74) is -0.867. The number of hydrogen-bond donors (Lipinski definition) is 1. The van der Waals surface area contributed by atoms with Crippen LogP contribution >= 0.6 is 0 Å². The number of carbonyl (C=O) groups is 3. The highest BCUT2D eigenvalue weighted by atomic mass is 16.6. The molecule has 0 radical (unpaired) electrons. The van der Waals surface area contributed by atoms with Crippen LogP contribution in [0.2, 0.25) is 0 Å². The molecule has 2 amide bonds. The van der Waals surface area contributed by atoms with E-state index < -0.39 is 23.7 Å². The average molecular weight is 368 g/mol. The Kier molecular flexibility index (Phi) is 5.83. The third-order valence-corrected chi connectivity index (χ3v) is 4.83. The zero-order chi connectivity index (χ0) is 19.5. The molecule has 26 heavy (non-hydrogen) atoms. The minimum Gasteiger partial charge on any atom is -0.480 e. The summed E-state index contributed by atoms with van der Waals surface area (Å²) in [4.78, 5) is 38.9. The van der Waals surface area contributed by atoms with E-state index in [0.717, 1.165) is 0 Å². The van der Waals surface area contributed by atoms with Crippen LogP contribution < -0.4 is 0 Å². The SMILES string of the molecule is C=CCOC(=O)N1CC2(CCN(C(=O)OC(C)(C)C)CC2)CC1C(=O)O. The molecule has 0 saturated carbocycles. The van der Waals surface area contributed by atoms with Crippen molar-refractivity contribution in [2.45, 2.75) is 51.7 Å². The summed E-state index contributed by atoms with van der Waals surface area (Å²) in [5.74, 6) is -1.04. The van der Waals surface area contributed by atoms with E-state index in [1.165, 1.54) is 11.0 Å². The van der Waals surface area contributed by atoms with Crippen molar-refractivity contribution < 1.29 is 29.0 Å². The molecule has 1 unspecified atom stereocenters. The van der Waals surface area contributed by atoms with Crippen molar-refractivity contribution in [3.8, 4) is 0 Å². The first-order chi connectivity index (χ1) is 12.1. The number of ether oxygens (including phenoxy) is 2. The summed E-state index contributed by atoms with van der Waals surface area (Å²) in [6.45, 7) is 10.3. The first-order valence-electron chi connectivity index (χ1n) is 8.82. The van der Waals surface area contributed by atoms with Crippen LogP contribution in [0.4, 0.5) is 9.59 Å². The number of amides is 2. The maximum atomic E-state index is 12.2. The van der Waals surface area contributed by atoms with Crippen LogP contribution in [-0.4, -0.2) is 70.9 Å². The van der Waals surface area contributed by atoms with Gasteiger partial charge in [-0.2, -0.15) is 0 Å². The topological polar surface area (TPSA) is 96.4 Å². The summed E-state index contributed by atoms with van der Waals surface area (Å²) in [5, 5.41) is 9.49. The van der Waals surface area contributed by atoms with Crippen molar-refractivity contribution >= 4 is 18.2 Å². The molecule has 0 bridgehead atoms. The van der Waals surface area contributed by atoms with Crippen molar-refractivity contribution in [2.75, 3.05) is 26.2 Å². The lowest BCUT2D eigenvalue weighted by molar-refractivity contribution is -0.141. The van der Waals surface area contributed by atoms with E-state index in [2.05, 4.69) is 6.58 Å². The van der Waals surface area contributed by atoms with Gasteiger partial charge in [0, 0.05) is 19.6 Å². The minimum atomic E-state index is -1.04. The molecule has 1 atom stereocenters. The molecule has 146 valence electrons. The number of likely N-dealkylation sites (tertiary alicyclic amines) is 2. The van der Waals surface area contributed by atoms with Crippen molar-refractivity contribution in [1.29, 1.82) is 0 Å². The van der Waals surface area contributed by atoms with Gasteiger partial charge in [-0.25, -0.2) is 14.4 Å². The number of hydrogen-bond acceptors (Lipinski definition) is 5. The van der Waals surface area contributed by atoms with E-state index in [1.807, 2.05) is 20.8 Å². The average Bonchev–Trinajstić information content (AvgIpc) is 2.91. The molecule has 8 heteroatoms. The van der Waals surface area contributed by atoms with Gasteiger partial charge in [0.15, 0.2) is 0 Å². The second kappa shape index (κ2) is 7.55. The van der Waals surface area contributed by atoms with Crippen LogP contribution in [0.3, 0.4) is 0 Å². The molecule has 2 saturated heterocycles. The fourth-order valence-electron chi connectivity index (χ4n) is 3.53. The first kappa shape index (κ1) is 20.1. The van der Waals surface area contributed by atoms with Gasteiger partial charge in [-0.3, -0.25) is 4.90 Å². The Morgan fingerprint density at radius 3 is 2.35 bits per heavy atom. The molecule has 2 fully saturated rings. The second-order valence-corrected chi connectivity index (χ2v) is 8.02. The van der Waals surface area contributed by atoms with E-state index in [4.69, 9.17) is 9.47 Å². The maximum absolute atomic E-state index is 12.2. The van der Waals surface area contributed by atoms with Crippen LogP contribution in [-0.2, 0) is 14.3 Å². The van der Waals surface area contributed by atoms with Crippen molar-refractivity contribution in [2.24, 2.45) is 5.41 Å². The third-order valence-electron chi connectivity index (χ3n) is 4.83. The quantitative estimate of drug-likeness (QED) is 0.769. The predicted molar refractivity (Wildman–Crippen MR) is 93.8 cm³/mol. The summed E-state index contributed by atoms with van der Waals surface area (Å²) >= 11 is 0. The van der Waals surface area contributed by atoms with E-state index in [1.54, 1.807) is 4.90 Å². The zero-order valence-electron chi connectivity index (χ0n) is 15.7. The Hall–Kier alpha value is -2.25. The van der Waals surface area contributed by atoms with Gasteiger partial charge in [0.2, 0.25) is 0 Å². The Balaban J connectivity index is 2.01. The molecule has 1 spiro atoms. The largest absolute Gasteiger partial charge is 0.480 e. The molecule has 1 N–H and O–H groups in total. The van der Waals surface area contributed by atoms with Gasteiger partial charge in [-0.05, 0) is 45.4 Å². The zero-order valence-corrected chi connectivity index (χ0v) is 15.7. The number of carbonyl (C=O) groups excluding carboxylic acids is 2. The lowest BCUT2D eigenvalue weighted by Gasteiger charge is -2.39. The Bertz CT molecular complexity index is 575. The van der Waals surface area contributed by atoms with Crippen molar-refractivity contribution in [3.05, 3.63) is 12.7 Å². The van der Waals surface area contributed by atoms with E-state index >= 15 is 0 Å². The first-order valence-corrected chi connectivity index (χ1v) is 8.82. The Labute approximate surface area is 153 Å². The summed E-state index contributed by atoms with van der Waals surface area (Å²) in [6.07, 6.45) is 2.07. The predicted octanol–water partition coefficient (Wildman–Crippen LogP) is 2.49. The van der Waals surface area contributed by atoms with Gasteiger partial charge < -0.3 is 19.5 Å². The Morgan fingerprint density at radius 1 is 1.23 bits per heavy atom. The number of carboxylic acid groups (broad SMARTS) is 1. The van der Waals surface area contributed by atoms with Gasteiger partial charge in [-0.15, -0.1) is 0 Å². The molecule has 2 heterocycles. The van der Waals surface area contributed by atoms with E-state index in [0.29, 0.717) is 38.9 Å². The van der Waals surface area contributed by atoms with E-state index in [-0.39, 0.29) is 18.1 Å². The fraction of sp³-hybridized carbons (Fsp3) is 0.722. The molecule has 8 nitrogen and oxygen atoms in total. The lowest BCUT2D eigenvalue weighted by Crippen LogP contribution is -2.46. The Morgan fingerprint density at radius 2 is 1.85 bits per heavy atom. The maximum Gasteiger partial charge on any atom is 0.410 e. The van der Waals surface area contributed by atoms with Crippen LogP contribution in [0, 0.1) is 5.41 Å². The van der Waals surface area contributed by atoms with Gasteiger partial charge in [0.25, 0.3) is 0 Å². The molecule has 2 aliphatic rings. The highest BCUT2D eigenvalue weighted by Gasteiger charge is 2.51. The molecular formula is C18H28N2O6. The number of nitrogens with zero attached hydrogens (tertiary/aromatic N) is 2. The highest BCUT2D eigenvalue weighted by molar-refractivity contribution is 5.81. The molecule has 2 aliphatic heterocycles. The molecule has 0 aromatic heterocycles. The number of piperidine rings is 1. The van der Waals surface area contributed by atoms with Crippen molar-refractivity contribution in [1.82, 2.24) is 9.80 Å². The standard InChI is InChI=1S/C18H28N2O6/c1-5-10-25-16(24)20-12-18(11-13(20)14(21)22)6-8-19(9-7-18)15(23)26-17(2,3)4/h5,13H,1,6-12H2,2-4H3,(H,21,22). The molecule has 0 aliphatic carbocycles. The monoisotopic (exact) mass is 368 g/mol. The fourth-order valence-corrected chi connectivity index (χ4v) is 3.53. The molecule has 2 rings (SSSR count). The molecule has 0 aromatic rings.